The van der Waals surface area contributed by atoms with Crippen molar-refractivity contribution in [1.29, 1.82) is 0 Å². The molecule has 2 aromatic carbocycles. The highest BCUT2D eigenvalue weighted by atomic mass is 16.6. The number of carbonyl (C=O) groups is 3. The Labute approximate surface area is 169 Å². The van der Waals surface area contributed by atoms with E-state index in [4.69, 9.17) is 4.74 Å². The third-order valence-corrected chi connectivity index (χ3v) is 4.67. The van der Waals surface area contributed by atoms with Crippen molar-refractivity contribution in [2.75, 3.05) is 29.9 Å². The molecule has 0 radical (unpaired) electrons. The molecule has 0 fully saturated rings. The van der Waals surface area contributed by atoms with E-state index in [2.05, 4.69) is 10.6 Å². The molecule has 0 saturated heterocycles. The number of nitrogens with one attached hydrogen (secondary N) is 2. The minimum atomic E-state index is -0.911. The summed E-state index contributed by atoms with van der Waals surface area (Å²) in [6, 6.07) is 15.1. The third-order valence-electron chi connectivity index (χ3n) is 4.67. The number of ether oxygens (including phenoxy) is 1. The van der Waals surface area contributed by atoms with Crippen LogP contribution in [0.3, 0.4) is 0 Å². The van der Waals surface area contributed by atoms with Gasteiger partial charge in [-0.05, 0) is 24.6 Å². The Bertz CT molecular complexity index is 887. The predicted octanol–water partition coefficient (Wildman–Crippen LogP) is 2.49. The minimum Gasteiger partial charge on any atom is -0.444 e. The van der Waals surface area contributed by atoms with Crippen molar-refractivity contribution >= 4 is 29.4 Å². The van der Waals surface area contributed by atoms with Crippen LogP contribution in [0.4, 0.5) is 21.0 Å². The Balaban J connectivity index is 1.90. The monoisotopic (exact) mass is 396 g/mol. The molecule has 29 heavy (non-hydrogen) atoms. The molecule has 1 aliphatic heterocycles. The van der Waals surface area contributed by atoms with Gasteiger partial charge in [0.2, 0.25) is 0 Å². The fourth-order valence-corrected chi connectivity index (χ4v) is 3.22. The molecule has 0 saturated carbocycles. The molecule has 0 aliphatic carbocycles. The molecule has 3 rings (SSSR count). The molecule has 1 aliphatic rings. The number of likely N-dealkylation sites (N-methyl/N-ethyl adjacent to an activating group) is 1. The number of benzene rings is 2. The van der Waals surface area contributed by atoms with E-state index in [0.717, 1.165) is 5.56 Å². The van der Waals surface area contributed by atoms with Gasteiger partial charge in [-0.2, -0.15) is 0 Å². The zero-order chi connectivity index (χ0) is 20.8. The number of hydrogen-bond acceptors (Lipinski definition) is 4. The van der Waals surface area contributed by atoms with Crippen LogP contribution in [0.25, 0.3) is 0 Å². The summed E-state index contributed by atoms with van der Waals surface area (Å²) in [4.78, 5) is 40.8. The van der Waals surface area contributed by atoms with Gasteiger partial charge in [0.05, 0.1) is 17.9 Å². The van der Waals surface area contributed by atoms with E-state index < -0.39 is 18.2 Å². The van der Waals surface area contributed by atoms with Crippen LogP contribution in [0.5, 0.6) is 0 Å². The maximum absolute atomic E-state index is 13.0. The molecule has 0 aromatic heterocycles. The Kier molecular flexibility index (Phi) is 6.33. The Hall–Kier alpha value is -3.55. The van der Waals surface area contributed by atoms with Gasteiger partial charge >= 0.3 is 12.1 Å². The molecule has 2 aromatic rings. The van der Waals surface area contributed by atoms with Crippen LogP contribution in [0.15, 0.2) is 54.6 Å². The lowest BCUT2D eigenvalue weighted by molar-refractivity contribution is -0.120. The molecule has 8 heteroatoms. The zero-order valence-corrected chi connectivity index (χ0v) is 16.4. The van der Waals surface area contributed by atoms with Crippen LogP contribution in [0.2, 0.25) is 0 Å². The lowest BCUT2D eigenvalue weighted by atomic mass is 10.2. The van der Waals surface area contributed by atoms with E-state index in [-0.39, 0.29) is 19.1 Å². The summed E-state index contributed by atoms with van der Waals surface area (Å²) >= 11 is 0. The van der Waals surface area contributed by atoms with Crippen molar-refractivity contribution in [2.24, 2.45) is 0 Å². The molecular weight excluding hydrogens is 372 g/mol. The van der Waals surface area contributed by atoms with Gasteiger partial charge in [-0.15, -0.1) is 0 Å². The average molecular weight is 396 g/mol. The molecule has 8 nitrogen and oxygen atoms in total. The minimum absolute atomic E-state index is 0.0343. The summed E-state index contributed by atoms with van der Waals surface area (Å²) in [5.41, 5.74) is 2.01. The summed E-state index contributed by atoms with van der Waals surface area (Å²) in [6.07, 6.45) is -0.587. The first kappa shape index (κ1) is 20.2. The standard InChI is InChI=1S/C21H24N4O4/c1-3-24-17-11-7-8-12-18(17)25(13-16(19(24)26)23-20(27)22-2)21(28)29-14-15-9-5-4-6-10-15/h4-12,16H,3,13-14H2,1-2H3,(H2,22,23,27). The lowest BCUT2D eigenvalue weighted by Gasteiger charge is -2.24. The van der Waals surface area contributed by atoms with Crippen molar-refractivity contribution < 1.29 is 19.1 Å². The largest absolute Gasteiger partial charge is 0.444 e. The number of fused-ring (bicyclic) bond motifs is 1. The second kappa shape index (κ2) is 9.09. The smallest absolute Gasteiger partial charge is 0.414 e. The number of amides is 4. The van der Waals surface area contributed by atoms with Gasteiger partial charge in [0, 0.05) is 13.6 Å². The van der Waals surface area contributed by atoms with Gasteiger partial charge in [0.15, 0.2) is 0 Å². The van der Waals surface area contributed by atoms with Crippen molar-refractivity contribution in [1.82, 2.24) is 10.6 Å². The molecule has 1 heterocycles. The number of anilines is 2. The molecule has 2 N–H and O–H groups in total. The quantitative estimate of drug-likeness (QED) is 0.831. The molecule has 1 atom stereocenters. The van der Waals surface area contributed by atoms with Crippen molar-refractivity contribution in [2.45, 2.75) is 19.6 Å². The van der Waals surface area contributed by atoms with Crippen LogP contribution < -0.4 is 20.4 Å². The fraction of sp³-hybridized carbons (Fsp3) is 0.286. The highest BCUT2D eigenvalue weighted by Gasteiger charge is 2.36. The maximum Gasteiger partial charge on any atom is 0.414 e. The second-order valence-electron chi connectivity index (χ2n) is 6.50. The summed E-state index contributed by atoms with van der Waals surface area (Å²) in [7, 11) is 1.47. The summed E-state index contributed by atoms with van der Waals surface area (Å²) in [5, 5.41) is 5.07. The number of hydrogen-bond donors (Lipinski definition) is 2. The highest BCUT2D eigenvalue weighted by Crippen LogP contribution is 2.33. The van der Waals surface area contributed by atoms with Crippen LogP contribution in [0.1, 0.15) is 12.5 Å². The second-order valence-corrected chi connectivity index (χ2v) is 6.50. The van der Waals surface area contributed by atoms with Gasteiger partial charge < -0.3 is 20.3 Å². The van der Waals surface area contributed by atoms with Gasteiger partial charge in [0.1, 0.15) is 12.6 Å². The van der Waals surface area contributed by atoms with E-state index in [9.17, 15) is 14.4 Å². The fourth-order valence-electron chi connectivity index (χ4n) is 3.22. The van der Waals surface area contributed by atoms with Crippen LogP contribution in [0, 0.1) is 0 Å². The normalized spacial score (nSPS) is 15.9. The van der Waals surface area contributed by atoms with Gasteiger partial charge in [0.25, 0.3) is 5.91 Å². The van der Waals surface area contributed by atoms with E-state index in [1.165, 1.54) is 11.9 Å². The number of rotatable bonds is 4. The number of para-hydroxylation sites is 2. The summed E-state index contributed by atoms with van der Waals surface area (Å²) in [5.74, 6) is -0.290. The van der Waals surface area contributed by atoms with Crippen LogP contribution in [-0.2, 0) is 16.1 Å². The van der Waals surface area contributed by atoms with E-state index in [1.54, 1.807) is 29.2 Å². The lowest BCUT2D eigenvalue weighted by Crippen LogP contribution is -2.54. The summed E-state index contributed by atoms with van der Waals surface area (Å²) < 4.78 is 5.49. The van der Waals surface area contributed by atoms with Gasteiger partial charge in [-0.3, -0.25) is 9.69 Å². The van der Waals surface area contributed by atoms with E-state index in [1.807, 2.05) is 37.3 Å². The first-order valence-corrected chi connectivity index (χ1v) is 9.42. The van der Waals surface area contributed by atoms with Crippen LogP contribution >= 0.6 is 0 Å². The number of nitrogens with zero attached hydrogens (tertiary/aromatic N) is 2. The number of carbonyl (C=O) groups excluding carboxylic acids is 3. The van der Waals surface area contributed by atoms with Crippen molar-refractivity contribution in [3.63, 3.8) is 0 Å². The first-order chi connectivity index (χ1) is 14.0. The predicted molar refractivity (Wildman–Crippen MR) is 110 cm³/mol. The van der Waals surface area contributed by atoms with Gasteiger partial charge in [-0.25, -0.2) is 9.59 Å². The van der Waals surface area contributed by atoms with Gasteiger partial charge in [-0.1, -0.05) is 42.5 Å². The molecule has 0 bridgehead atoms. The molecule has 4 amide bonds. The van der Waals surface area contributed by atoms with Crippen molar-refractivity contribution in [3.8, 4) is 0 Å². The zero-order valence-electron chi connectivity index (χ0n) is 16.4. The van der Waals surface area contributed by atoms with Crippen molar-refractivity contribution in [3.05, 3.63) is 60.2 Å². The van der Waals surface area contributed by atoms with Crippen LogP contribution in [-0.4, -0.2) is 44.2 Å². The molecule has 0 spiro atoms. The topological polar surface area (TPSA) is 91.0 Å². The maximum atomic E-state index is 13.0. The molecule has 152 valence electrons. The number of urea groups is 1. The molecular formula is C21H24N4O4. The average Bonchev–Trinajstić information content (AvgIpc) is 2.87. The van der Waals surface area contributed by atoms with E-state index in [0.29, 0.717) is 17.9 Å². The highest BCUT2D eigenvalue weighted by molar-refractivity contribution is 6.06. The molecule has 1 unspecified atom stereocenters. The Morgan fingerprint density at radius 3 is 2.38 bits per heavy atom. The first-order valence-electron chi connectivity index (χ1n) is 9.42. The SMILES string of the molecule is CCN1C(=O)C(NC(=O)NC)CN(C(=O)OCc2ccccc2)c2ccccc21. The third kappa shape index (κ3) is 4.48. The Morgan fingerprint density at radius 2 is 1.72 bits per heavy atom. The van der Waals surface area contributed by atoms with E-state index >= 15 is 0 Å². The Morgan fingerprint density at radius 1 is 1.07 bits per heavy atom. The summed E-state index contributed by atoms with van der Waals surface area (Å²) in [6.45, 7) is 2.31.